The van der Waals surface area contributed by atoms with E-state index >= 15 is 0 Å². The predicted octanol–water partition coefficient (Wildman–Crippen LogP) is 2.73. The van der Waals surface area contributed by atoms with Crippen molar-refractivity contribution in [3.8, 4) is 11.3 Å². The van der Waals surface area contributed by atoms with Crippen LogP contribution in [0.15, 0.2) is 35.7 Å². The number of aliphatic hydroxyl groups is 1. The van der Waals surface area contributed by atoms with Crippen molar-refractivity contribution in [1.29, 1.82) is 0 Å². The van der Waals surface area contributed by atoms with E-state index in [0.29, 0.717) is 25.4 Å². The van der Waals surface area contributed by atoms with Crippen molar-refractivity contribution in [3.05, 3.63) is 57.7 Å². The summed E-state index contributed by atoms with van der Waals surface area (Å²) in [5, 5.41) is 16.9. The van der Waals surface area contributed by atoms with Gasteiger partial charge >= 0.3 is 5.97 Å². The molecule has 29 heavy (non-hydrogen) atoms. The number of thiazole rings is 1. The summed E-state index contributed by atoms with van der Waals surface area (Å²) < 4.78 is 6.93. The monoisotopic (exact) mass is 412 g/mol. The van der Waals surface area contributed by atoms with Crippen LogP contribution in [0.3, 0.4) is 0 Å². The average Bonchev–Trinajstić information content (AvgIpc) is 3.34. The van der Waals surface area contributed by atoms with Gasteiger partial charge in [0.25, 0.3) is 0 Å². The van der Waals surface area contributed by atoms with E-state index in [4.69, 9.17) is 9.72 Å². The first kappa shape index (κ1) is 19.8. The summed E-state index contributed by atoms with van der Waals surface area (Å²) in [4.78, 5) is 19.4. The fraction of sp³-hybridized carbons (Fsp3) is 0.381. The highest BCUT2D eigenvalue weighted by Gasteiger charge is 2.29. The summed E-state index contributed by atoms with van der Waals surface area (Å²) in [6.07, 6.45) is 0.776. The Labute approximate surface area is 173 Å². The molecule has 3 aromatic rings. The number of ether oxygens (including phenoxy) is 1. The number of carbonyl (C=O) groups is 1. The molecule has 1 aliphatic rings. The number of carbonyl (C=O) groups excluding carboxylic acids is 1. The minimum Gasteiger partial charge on any atom is -0.461 e. The number of aliphatic hydroxyl groups excluding tert-OH is 1. The Kier molecular flexibility index (Phi) is 6.03. The van der Waals surface area contributed by atoms with E-state index in [9.17, 15) is 9.90 Å². The molecular formula is C21H24N4O3S. The molecule has 0 aliphatic carbocycles. The lowest BCUT2D eigenvalue weighted by Crippen LogP contribution is -2.31. The van der Waals surface area contributed by atoms with E-state index in [1.165, 1.54) is 0 Å². The van der Waals surface area contributed by atoms with Crippen LogP contribution in [0.5, 0.6) is 0 Å². The van der Waals surface area contributed by atoms with Crippen molar-refractivity contribution in [2.24, 2.45) is 0 Å². The van der Waals surface area contributed by atoms with E-state index in [1.807, 2.05) is 18.2 Å². The Hall–Kier alpha value is -2.55. The van der Waals surface area contributed by atoms with Gasteiger partial charge in [-0.15, -0.1) is 11.3 Å². The molecule has 0 fully saturated rings. The summed E-state index contributed by atoms with van der Waals surface area (Å²) in [5.74, 6) is -0.400. The van der Waals surface area contributed by atoms with Crippen molar-refractivity contribution in [3.63, 3.8) is 0 Å². The van der Waals surface area contributed by atoms with Crippen LogP contribution >= 0.6 is 11.3 Å². The molecule has 1 aliphatic heterocycles. The minimum atomic E-state index is -0.400. The lowest BCUT2D eigenvalue weighted by molar-refractivity contribution is 0.0515. The number of esters is 1. The lowest BCUT2D eigenvalue weighted by atomic mass is 10.0. The Bertz CT molecular complexity index is 983. The lowest BCUT2D eigenvalue weighted by Gasteiger charge is -2.26. The standard InChI is InChI=1S/C21H24N4O3S/c1-2-28-21(27)20-16-12-24(9-8-18(16)25(23-20)10-11-26)13-19-22-17(14-29-19)15-6-4-3-5-7-15/h3-7,14,26H,2,8-13H2,1H3. The molecule has 0 radical (unpaired) electrons. The highest BCUT2D eigenvalue weighted by atomic mass is 32.1. The fourth-order valence-electron chi connectivity index (χ4n) is 3.64. The van der Waals surface area contributed by atoms with Crippen molar-refractivity contribution < 1.29 is 14.6 Å². The highest BCUT2D eigenvalue weighted by Crippen LogP contribution is 2.27. The van der Waals surface area contributed by atoms with Gasteiger partial charge in [-0.3, -0.25) is 9.58 Å². The molecule has 4 rings (SSSR count). The van der Waals surface area contributed by atoms with Gasteiger partial charge in [-0.2, -0.15) is 5.10 Å². The quantitative estimate of drug-likeness (QED) is 0.601. The van der Waals surface area contributed by atoms with Gasteiger partial charge in [-0.05, 0) is 6.92 Å². The molecule has 0 spiro atoms. The van der Waals surface area contributed by atoms with E-state index < -0.39 is 5.97 Å². The number of rotatable bonds is 7. The first-order valence-corrected chi connectivity index (χ1v) is 10.7. The van der Waals surface area contributed by atoms with Gasteiger partial charge in [0.15, 0.2) is 5.69 Å². The molecule has 1 aromatic carbocycles. The Balaban J connectivity index is 1.52. The minimum absolute atomic E-state index is 0.0124. The Morgan fingerprint density at radius 3 is 2.90 bits per heavy atom. The zero-order valence-electron chi connectivity index (χ0n) is 16.4. The van der Waals surface area contributed by atoms with E-state index in [0.717, 1.165) is 47.0 Å². The van der Waals surface area contributed by atoms with E-state index in [1.54, 1.807) is 22.9 Å². The maximum Gasteiger partial charge on any atom is 0.359 e. The zero-order valence-corrected chi connectivity index (χ0v) is 17.2. The molecule has 0 unspecified atom stereocenters. The average molecular weight is 413 g/mol. The van der Waals surface area contributed by atoms with Gasteiger partial charge in [-0.1, -0.05) is 30.3 Å². The normalized spacial score (nSPS) is 14.0. The van der Waals surface area contributed by atoms with Crippen molar-refractivity contribution in [1.82, 2.24) is 19.7 Å². The summed E-state index contributed by atoms with van der Waals surface area (Å²) >= 11 is 1.65. The van der Waals surface area contributed by atoms with Gasteiger partial charge in [-0.25, -0.2) is 9.78 Å². The van der Waals surface area contributed by atoms with Gasteiger partial charge in [0, 0.05) is 41.7 Å². The van der Waals surface area contributed by atoms with E-state index in [-0.39, 0.29) is 6.61 Å². The first-order valence-electron chi connectivity index (χ1n) is 9.78. The molecule has 152 valence electrons. The molecule has 3 heterocycles. The molecule has 8 heteroatoms. The predicted molar refractivity (Wildman–Crippen MR) is 111 cm³/mol. The molecule has 2 aromatic heterocycles. The smallest absolute Gasteiger partial charge is 0.359 e. The zero-order chi connectivity index (χ0) is 20.2. The number of fused-ring (bicyclic) bond motifs is 1. The Morgan fingerprint density at radius 2 is 2.14 bits per heavy atom. The topological polar surface area (TPSA) is 80.5 Å². The fourth-order valence-corrected chi connectivity index (χ4v) is 4.49. The van der Waals surface area contributed by atoms with Crippen molar-refractivity contribution >= 4 is 17.3 Å². The maximum absolute atomic E-state index is 12.4. The summed E-state index contributed by atoms with van der Waals surface area (Å²) in [7, 11) is 0. The van der Waals surface area contributed by atoms with Crippen LogP contribution in [0.2, 0.25) is 0 Å². The first-order chi connectivity index (χ1) is 14.2. The third-order valence-corrected chi connectivity index (χ3v) is 5.81. The summed E-state index contributed by atoms with van der Waals surface area (Å²) in [5.41, 5.74) is 4.40. The van der Waals surface area contributed by atoms with Gasteiger partial charge < -0.3 is 9.84 Å². The van der Waals surface area contributed by atoms with Gasteiger partial charge in [0.2, 0.25) is 0 Å². The largest absolute Gasteiger partial charge is 0.461 e. The van der Waals surface area contributed by atoms with Gasteiger partial charge in [0.1, 0.15) is 5.01 Å². The summed E-state index contributed by atoms with van der Waals surface area (Å²) in [6, 6.07) is 10.2. The van der Waals surface area contributed by atoms with Crippen LogP contribution in [0.25, 0.3) is 11.3 Å². The number of nitrogens with zero attached hydrogens (tertiary/aromatic N) is 4. The highest BCUT2D eigenvalue weighted by molar-refractivity contribution is 7.09. The molecule has 0 bridgehead atoms. The molecule has 0 saturated carbocycles. The molecule has 1 N–H and O–H groups in total. The van der Waals surface area contributed by atoms with E-state index in [2.05, 4.69) is 27.5 Å². The number of hydrogen-bond donors (Lipinski definition) is 1. The number of aromatic nitrogens is 3. The molecule has 7 nitrogen and oxygen atoms in total. The molecule has 0 atom stereocenters. The Morgan fingerprint density at radius 1 is 1.31 bits per heavy atom. The third kappa shape index (κ3) is 4.24. The van der Waals surface area contributed by atoms with Crippen LogP contribution in [-0.2, 0) is 30.8 Å². The second kappa shape index (κ2) is 8.86. The van der Waals surface area contributed by atoms with Crippen LogP contribution in [0.4, 0.5) is 0 Å². The molecule has 0 amide bonds. The van der Waals surface area contributed by atoms with Crippen LogP contribution in [-0.4, -0.2) is 50.5 Å². The second-order valence-electron chi connectivity index (χ2n) is 6.89. The third-order valence-electron chi connectivity index (χ3n) is 4.97. The van der Waals surface area contributed by atoms with Gasteiger partial charge in [0.05, 0.1) is 32.0 Å². The van der Waals surface area contributed by atoms with Crippen LogP contribution in [0.1, 0.15) is 33.7 Å². The number of benzene rings is 1. The molecule has 0 saturated heterocycles. The molecular weight excluding hydrogens is 388 g/mol. The van der Waals surface area contributed by atoms with Crippen LogP contribution in [0, 0.1) is 0 Å². The van der Waals surface area contributed by atoms with Crippen molar-refractivity contribution in [2.75, 3.05) is 19.8 Å². The SMILES string of the molecule is CCOC(=O)c1nn(CCO)c2c1CN(Cc1nc(-c3ccccc3)cs1)CC2. The number of hydrogen-bond acceptors (Lipinski definition) is 7. The summed E-state index contributed by atoms with van der Waals surface area (Å²) in [6.45, 7) is 4.67. The van der Waals surface area contributed by atoms with Crippen LogP contribution < -0.4 is 0 Å². The van der Waals surface area contributed by atoms with Crippen molar-refractivity contribution in [2.45, 2.75) is 33.0 Å². The second-order valence-corrected chi connectivity index (χ2v) is 7.84. The maximum atomic E-state index is 12.4.